The summed E-state index contributed by atoms with van der Waals surface area (Å²) in [5.74, 6) is 1.30. The Labute approximate surface area is 165 Å². The predicted molar refractivity (Wildman–Crippen MR) is 111 cm³/mol. The molecule has 0 unspecified atom stereocenters. The first-order valence-electron chi connectivity index (χ1n) is 9.78. The van der Waals surface area contributed by atoms with Gasteiger partial charge in [0, 0.05) is 5.56 Å². The van der Waals surface area contributed by atoms with Crippen LogP contribution in [0.5, 0.6) is 5.75 Å². The van der Waals surface area contributed by atoms with E-state index in [0.717, 1.165) is 54.0 Å². The largest absolute Gasteiger partial charge is 0.488 e. The topological polar surface area (TPSA) is 82.1 Å². The molecule has 7 heteroatoms. The Morgan fingerprint density at radius 1 is 1.07 bits per heavy atom. The summed E-state index contributed by atoms with van der Waals surface area (Å²) in [5, 5.41) is 5.77. The summed E-state index contributed by atoms with van der Waals surface area (Å²) < 4.78 is 7.99. The zero-order valence-corrected chi connectivity index (χ0v) is 17.0. The van der Waals surface area contributed by atoms with Gasteiger partial charge in [0.2, 0.25) is 0 Å². The molecule has 0 atom stereocenters. The van der Waals surface area contributed by atoms with Crippen LogP contribution in [0.15, 0.2) is 30.6 Å². The highest BCUT2D eigenvalue weighted by atomic mass is 16.5. The number of likely N-dealkylation sites (tertiary alicyclic amines) is 1. The van der Waals surface area contributed by atoms with E-state index in [1.54, 1.807) is 0 Å². The Hall–Kier alpha value is -2.67. The fourth-order valence-corrected chi connectivity index (χ4v) is 3.73. The molecule has 7 nitrogen and oxygen atoms in total. The number of piperidine rings is 1. The van der Waals surface area contributed by atoms with Gasteiger partial charge in [-0.15, -0.1) is 0 Å². The lowest BCUT2D eigenvalue weighted by Gasteiger charge is -2.29. The molecule has 0 saturated carbocycles. The second-order valence-electron chi connectivity index (χ2n) is 8.52. The zero-order valence-electron chi connectivity index (χ0n) is 17.0. The van der Waals surface area contributed by atoms with Crippen LogP contribution >= 0.6 is 0 Å². The standard InChI is InChI=1S/C21H28N6O/c1-21(2,3)28-16-7-5-14(6-8-16)18-17-19(22)23-13-24-20(17)27(25-18)15-9-11-26(4)12-10-15/h5-8,13,15H,9-12H2,1-4H3,(H2,22,23,24). The molecule has 1 aromatic carbocycles. The van der Waals surface area contributed by atoms with Crippen LogP contribution in [-0.4, -0.2) is 50.4 Å². The Morgan fingerprint density at radius 3 is 2.39 bits per heavy atom. The fraction of sp³-hybridized carbons (Fsp3) is 0.476. The van der Waals surface area contributed by atoms with Gasteiger partial charge in [-0.2, -0.15) is 5.10 Å². The fourth-order valence-electron chi connectivity index (χ4n) is 3.73. The van der Waals surface area contributed by atoms with E-state index in [9.17, 15) is 0 Å². The van der Waals surface area contributed by atoms with Gasteiger partial charge in [0.1, 0.15) is 29.2 Å². The van der Waals surface area contributed by atoms with Crippen LogP contribution in [0.25, 0.3) is 22.3 Å². The van der Waals surface area contributed by atoms with Crippen molar-refractivity contribution in [2.75, 3.05) is 25.9 Å². The maximum Gasteiger partial charge on any atom is 0.164 e. The van der Waals surface area contributed by atoms with Gasteiger partial charge >= 0.3 is 0 Å². The van der Waals surface area contributed by atoms with Crippen molar-refractivity contribution >= 4 is 16.9 Å². The molecule has 0 amide bonds. The number of rotatable bonds is 3. The first-order valence-corrected chi connectivity index (χ1v) is 9.78. The Kier molecular flexibility index (Phi) is 4.71. The van der Waals surface area contributed by atoms with E-state index in [1.165, 1.54) is 6.33 Å². The van der Waals surface area contributed by atoms with Crippen molar-refractivity contribution in [1.29, 1.82) is 0 Å². The third-order valence-electron chi connectivity index (χ3n) is 5.10. The monoisotopic (exact) mass is 380 g/mol. The first-order chi connectivity index (χ1) is 13.3. The predicted octanol–water partition coefficient (Wildman–Crippen LogP) is 3.52. The molecule has 0 aliphatic carbocycles. The van der Waals surface area contributed by atoms with Crippen molar-refractivity contribution < 1.29 is 4.74 Å². The van der Waals surface area contributed by atoms with Crippen LogP contribution in [0, 0.1) is 0 Å². The first kappa shape index (κ1) is 18.7. The summed E-state index contributed by atoms with van der Waals surface area (Å²) in [7, 11) is 2.16. The molecule has 148 valence electrons. The molecule has 0 radical (unpaired) electrons. The zero-order chi connectivity index (χ0) is 19.9. The highest BCUT2D eigenvalue weighted by molar-refractivity contribution is 5.98. The number of nitrogens with two attached hydrogens (primary N) is 1. The summed E-state index contributed by atoms with van der Waals surface area (Å²) in [6.45, 7) is 8.22. The van der Waals surface area contributed by atoms with E-state index in [2.05, 4.69) is 26.6 Å². The molecule has 1 saturated heterocycles. The molecule has 28 heavy (non-hydrogen) atoms. The molecule has 3 aromatic rings. The second-order valence-corrected chi connectivity index (χ2v) is 8.52. The average Bonchev–Trinajstić information content (AvgIpc) is 3.03. The van der Waals surface area contributed by atoms with Crippen LogP contribution < -0.4 is 10.5 Å². The number of nitrogens with zero attached hydrogens (tertiary/aromatic N) is 5. The van der Waals surface area contributed by atoms with Crippen molar-refractivity contribution in [3.8, 4) is 17.0 Å². The third kappa shape index (κ3) is 3.67. The smallest absolute Gasteiger partial charge is 0.164 e. The lowest BCUT2D eigenvalue weighted by Crippen LogP contribution is -2.31. The quantitative estimate of drug-likeness (QED) is 0.749. The molecule has 3 heterocycles. The van der Waals surface area contributed by atoms with Gasteiger partial charge < -0.3 is 15.4 Å². The summed E-state index contributed by atoms with van der Waals surface area (Å²) in [6.07, 6.45) is 3.62. The van der Waals surface area contributed by atoms with Crippen LogP contribution in [0.2, 0.25) is 0 Å². The number of aromatic nitrogens is 4. The molecule has 2 N–H and O–H groups in total. The minimum Gasteiger partial charge on any atom is -0.488 e. The average molecular weight is 380 g/mol. The summed E-state index contributed by atoms with van der Waals surface area (Å²) >= 11 is 0. The van der Waals surface area contributed by atoms with Crippen molar-refractivity contribution in [2.45, 2.75) is 45.3 Å². The van der Waals surface area contributed by atoms with Crippen molar-refractivity contribution in [2.24, 2.45) is 0 Å². The molecular formula is C21H28N6O. The van der Waals surface area contributed by atoms with E-state index in [0.29, 0.717) is 11.9 Å². The lowest BCUT2D eigenvalue weighted by molar-refractivity contribution is 0.131. The SMILES string of the molecule is CN1CCC(n2nc(-c3ccc(OC(C)(C)C)cc3)c3c(N)ncnc32)CC1. The minimum atomic E-state index is -0.234. The second kappa shape index (κ2) is 7.05. The molecule has 0 spiro atoms. The molecule has 2 aromatic heterocycles. The molecule has 0 bridgehead atoms. The van der Waals surface area contributed by atoms with Crippen molar-refractivity contribution in [3.63, 3.8) is 0 Å². The van der Waals surface area contributed by atoms with Gasteiger partial charge in [-0.1, -0.05) is 0 Å². The van der Waals surface area contributed by atoms with Gasteiger partial charge in [-0.3, -0.25) is 0 Å². The summed E-state index contributed by atoms with van der Waals surface area (Å²) in [4.78, 5) is 11.1. The van der Waals surface area contributed by atoms with E-state index in [-0.39, 0.29) is 5.60 Å². The number of fused-ring (bicyclic) bond motifs is 1. The highest BCUT2D eigenvalue weighted by Gasteiger charge is 2.25. The number of anilines is 1. The number of hydrogen-bond donors (Lipinski definition) is 1. The normalized spacial score (nSPS) is 16.6. The van der Waals surface area contributed by atoms with Gasteiger partial charge in [-0.05, 0) is 78.0 Å². The number of hydrogen-bond acceptors (Lipinski definition) is 6. The van der Waals surface area contributed by atoms with Crippen molar-refractivity contribution in [3.05, 3.63) is 30.6 Å². The number of benzene rings is 1. The Bertz CT molecular complexity index is 965. The third-order valence-corrected chi connectivity index (χ3v) is 5.10. The minimum absolute atomic E-state index is 0.234. The number of nitrogen functional groups attached to an aromatic ring is 1. The summed E-state index contributed by atoms with van der Waals surface area (Å²) in [6, 6.07) is 8.31. The molecule has 1 aliphatic heterocycles. The Morgan fingerprint density at radius 2 is 1.75 bits per heavy atom. The molecular weight excluding hydrogens is 352 g/mol. The van der Waals surface area contributed by atoms with Crippen LogP contribution in [0.4, 0.5) is 5.82 Å². The van der Waals surface area contributed by atoms with Gasteiger partial charge in [-0.25, -0.2) is 14.6 Å². The maximum atomic E-state index is 6.24. The molecule has 1 fully saturated rings. The van der Waals surface area contributed by atoms with Crippen LogP contribution in [0.1, 0.15) is 39.7 Å². The maximum absolute atomic E-state index is 6.24. The van der Waals surface area contributed by atoms with E-state index < -0.39 is 0 Å². The van der Waals surface area contributed by atoms with Crippen LogP contribution in [0.3, 0.4) is 0 Å². The van der Waals surface area contributed by atoms with E-state index in [4.69, 9.17) is 15.6 Å². The number of ether oxygens (including phenoxy) is 1. The van der Waals surface area contributed by atoms with Gasteiger partial charge in [0.25, 0.3) is 0 Å². The molecule has 1 aliphatic rings. The summed E-state index contributed by atoms with van der Waals surface area (Å²) in [5.41, 5.74) is 8.63. The van der Waals surface area contributed by atoms with Crippen molar-refractivity contribution in [1.82, 2.24) is 24.6 Å². The lowest BCUT2D eigenvalue weighted by atomic mass is 10.1. The van der Waals surface area contributed by atoms with Crippen LogP contribution in [-0.2, 0) is 0 Å². The highest BCUT2D eigenvalue weighted by Crippen LogP contribution is 2.34. The Balaban J connectivity index is 1.75. The van der Waals surface area contributed by atoms with E-state index >= 15 is 0 Å². The van der Waals surface area contributed by atoms with Gasteiger partial charge in [0.05, 0.1) is 11.4 Å². The van der Waals surface area contributed by atoms with Gasteiger partial charge in [0.15, 0.2) is 5.65 Å². The molecule has 4 rings (SSSR count). The van der Waals surface area contributed by atoms with E-state index in [1.807, 2.05) is 45.0 Å².